The summed E-state index contributed by atoms with van der Waals surface area (Å²) >= 11 is 5.84. The van der Waals surface area contributed by atoms with Gasteiger partial charge in [-0.25, -0.2) is 4.52 Å². The zero-order chi connectivity index (χ0) is 9.54. The Morgan fingerprint density at radius 2 is 2.29 bits per heavy atom. The molecule has 1 aliphatic carbocycles. The highest BCUT2D eigenvalue weighted by Gasteiger charge is 2.22. The lowest BCUT2D eigenvalue weighted by atomic mass is 10.5. The monoisotopic (exact) mass is 208 g/mol. The maximum Gasteiger partial charge on any atom is 0.243 e. The summed E-state index contributed by atoms with van der Waals surface area (Å²) in [7, 11) is 0. The van der Waals surface area contributed by atoms with Gasteiger partial charge in [0.25, 0.3) is 0 Å². The minimum Gasteiger partial charge on any atom is -0.350 e. The van der Waals surface area contributed by atoms with Crippen molar-refractivity contribution in [2.45, 2.75) is 18.9 Å². The van der Waals surface area contributed by atoms with E-state index in [1.165, 1.54) is 12.8 Å². The molecule has 3 rings (SSSR count). The maximum absolute atomic E-state index is 5.84. The first kappa shape index (κ1) is 8.05. The summed E-state index contributed by atoms with van der Waals surface area (Å²) in [6.45, 7) is 0. The number of nitrogens with one attached hydrogen (secondary N) is 1. The molecule has 2 heterocycles. The van der Waals surface area contributed by atoms with E-state index in [-0.39, 0.29) is 0 Å². The molecule has 1 N–H and O–H groups in total. The molecule has 1 fully saturated rings. The fourth-order valence-electron chi connectivity index (χ4n) is 1.33. The van der Waals surface area contributed by atoms with Crippen LogP contribution in [0, 0.1) is 0 Å². The molecule has 0 amide bonds. The van der Waals surface area contributed by atoms with Crippen molar-refractivity contribution in [3.63, 3.8) is 0 Å². The van der Waals surface area contributed by atoms with E-state index in [9.17, 15) is 0 Å². The van der Waals surface area contributed by atoms with Crippen LogP contribution in [0.1, 0.15) is 12.8 Å². The SMILES string of the molecule is Clc1ccc2nc(NC3CC3)nn2c1. The van der Waals surface area contributed by atoms with Gasteiger partial charge in [0.05, 0.1) is 5.02 Å². The van der Waals surface area contributed by atoms with Gasteiger partial charge in [0.15, 0.2) is 5.65 Å². The van der Waals surface area contributed by atoms with Gasteiger partial charge in [-0.2, -0.15) is 4.98 Å². The molecule has 14 heavy (non-hydrogen) atoms. The van der Waals surface area contributed by atoms with Gasteiger partial charge in [-0.15, -0.1) is 5.10 Å². The molecule has 0 atom stereocenters. The van der Waals surface area contributed by atoms with Gasteiger partial charge in [-0.3, -0.25) is 0 Å². The first-order chi connectivity index (χ1) is 6.81. The van der Waals surface area contributed by atoms with Crippen molar-refractivity contribution in [2.24, 2.45) is 0 Å². The minimum absolute atomic E-state index is 0.572. The van der Waals surface area contributed by atoms with Gasteiger partial charge in [0.2, 0.25) is 5.95 Å². The van der Waals surface area contributed by atoms with Crippen LogP contribution in [0.3, 0.4) is 0 Å². The van der Waals surface area contributed by atoms with Crippen molar-refractivity contribution in [1.82, 2.24) is 14.6 Å². The Balaban J connectivity index is 2.01. The smallest absolute Gasteiger partial charge is 0.243 e. The van der Waals surface area contributed by atoms with Crippen LogP contribution in [-0.4, -0.2) is 20.6 Å². The number of anilines is 1. The first-order valence-corrected chi connectivity index (χ1v) is 4.97. The van der Waals surface area contributed by atoms with Gasteiger partial charge in [-0.1, -0.05) is 11.6 Å². The Kier molecular flexibility index (Phi) is 1.64. The highest BCUT2D eigenvalue weighted by molar-refractivity contribution is 6.30. The van der Waals surface area contributed by atoms with E-state index in [4.69, 9.17) is 11.6 Å². The summed E-state index contributed by atoms with van der Waals surface area (Å²) in [6.07, 6.45) is 4.19. The number of hydrogen-bond acceptors (Lipinski definition) is 3. The van der Waals surface area contributed by atoms with Crippen molar-refractivity contribution in [3.05, 3.63) is 23.4 Å². The second-order valence-electron chi connectivity index (χ2n) is 3.50. The zero-order valence-electron chi connectivity index (χ0n) is 7.44. The van der Waals surface area contributed by atoms with Crippen molar-refractivity contribution >= 4 is 23.2 Å². The molecule has 1 aliphatic rings. The van der Waals surface area contributed by atoms with Crippen LogP contribution in [0.2, 0.25) is 5.02 Å². The molecule has 2 aromatic rings. The van der Waals surface area contributed by atoms with Crippen molar-refractivity contribution in [1.29, 1.82) is 0 Å². The van der Waals surface area contributed by atoms with E-state index in [0.717, 1.165) is 5.65 Å². The highest BCUT2D eigenvalue weighted by Crippen LogP contribution is 2.23. The number of aromatic nitrogens is 3. The molecule has 0 spiro atoms. The number of pyridine rings is 1. The Bertz CT molecular complexity index is 475. The van der Waals surface area contributed by atoms with Crippen LogP contribution >= 0.6 is 11.6 Å². The second-order valence-corrected chi connectivity index (χ2v) is 3.94. The topological polar surface area (TPSA) is 42.2 Å². The molecular formula is C9H9ClN4. The third-order valence-electron chi connectivity index (χ3n) is 2.21. The fourth-order valence-corrected chi connectivity index (χ4v) is 1.48. The predicted molar refractivity (Wildman–Crippen MR) is 54.6 cm³/mol. The molecule has 4 nitrogen and oxygen atoms in total. The number of rotatable bonds is 2. The highest BCUT2D eigenvalue weighted by atomic mass is 35.5. The van der Waals surface area contributed by atoms with Gasteiger partial charge in [0.1, 0.15) is 0 Å². The van der Waals surface area contributed by atoms with Crippen LogP contribution in [-0.2, 0) is 0 Å². The number of hydrogen-bond donors (Lipinski definition) is 1. The molecule has 0 radical (unpaired) electrons. The standard InChI is InChI=1S/C9H9ClN4/c10-6-1-4-8-12-9(11-7-2-3-7)13-14(8)5-6/h1,4-5,7H,2-3H2,(H,11,13). The summed E-state index contributed by atoms with van der Waals surface area (Å²) in [5.41, 5.74) is 0.817. The Morgan fingerprint density at radius 1 is 1.43 bits per heavy atom. The van der Waals surface area contributed by atoms with Crippen LogP contribution in [0.15, 0.2) is 18.3 Å². The number of halogens is 1. The first-order valence-electron chi connectivity index (χ1n) is 4.60. The Morgan fingerprint density at radius 3 is 3.07 bits per heavy atom. The third kappa shape index (κ3) is 1.42. The summed E-state index contributed by atoms with van der Waals surface area (Å²) in [5, 5.41) is 8.17. The van der Waals surface area contributed by atoms with E-state index in [1.807, 2.05) is 12.1 Å². The zero-order valence-corrected chi connectivity index (χ0v) is 8.20. The molecule has 72 valence electrons. The summed E-state index contributed by atoms with van der Waals surface area (Å²) in [5.74, 6) is 0.690. The maximum atomic E-state index is 5.84. The minimum atomic E-state index is 0.572. The molecule has 2 aromatic heterocycles. The fraction of sp³-hybridized carbons (Fsp3) is 0.333. The molecule has 0 aliphatic heterocycles. The normalized spacial score (nSPS) is 16.1. The van der Waals surface area contributed by atoms with Crippen molar-refractivity contribution < 1.29 is 0 Å². The van der Waals surface area contributed by atoms with E-state index in [2.05, 4.69) is 15.4 Å². The lowest BCUT2D eigenvalue weighted by molar-refractivity contribution is 0.950. The van der Waals surface area contributed by atoms with Crippen LogP contribution in [0.5, 0.6) is 0 Å². The van der Waals surface area contributed by atoms with Crippen molar-refractivity contribution in [2.75, 3.05) is 5.32 Å². The van der Waals surface area contributed by atoms with Gasteiger partial charge >= 0.3 is 0 Å². The van der Waals surface area contributed by atoms with E-state index in [0.29, 0.717) is 17.0 Å². The molecule has 0 saturated heterocycles. The quantitative estimate of drug-likeness (QED) is 0.821. The van der Waals surface area contributed by atoms with Gasteiger partial charge < -0.3 is 5.32 Å². The van der Waals surface area contributed by atoms with Crippen molar-refractivity contribution in [3.8, 4) is 0 Å². The average molecular weight is 209 g/mol. The van der Waals surface area contributed by atoms with Crippen LogP contribution in [0.25, 0.3) is 5.65 Å². The molecule has 0 aromatic carbocycles. The van der Waals surface area contributed by atoms with E-state index >= 15 is 0 Å². The second kappa shape index (κ2) is 2.85. The summed E-state index contributed by atoms with van der Waals surface area (Å²) < 4.78 is 1.69. The number of fused-ring (bicyclic) bond motifs is 1. The lowest BCUT2D eigenvalue weighted by Gasteiger charge is -1.93. The molecule has 1 saturated carbocycles. The number of nitrogens with zero attached hydrogens (tertiary/aromatic N) is 3. The predicted octanol–water partition coefficient (Wildman–Crippen LogP) is 1.96. The molecule has 0 unspecified atom stereocenters. The third-order valence-corrected chi connectivity index (χ3v) is 2.43. The van der Waals surface area contributed by atoms with Gasteiger partial charge in [-0.05, 0) is 25.0 Å². The lowest BCUT2D eigenvalue weighted by Crippen LogP contribution is -2.02. The van der Waals surface area contributed by atoms with Crippen LogP contribution in [0.4, 0.5) is 5.95 Å². The van der Waals surface area contributed by atoms with E-state index in [1.54, 1.807) is 10.7 Å². The molecular weight excluding hydrogens is 200 g/mol. The Hall–Kier alpha value is -1.29. The summed E-state index contributed by atoms with van der Waals surface area (Å²) in [4.78, 5) is 4.32. The average Bonchev–Trinajstić information content (AvgIpc) is 2.84. The molecule has 5 heteroatoms. The largest absolute Gasteiger partial charge is 0.350 e. The summed E-state index contributed by atoms with van der Waals surface area (Å²) in [6, 6.07) is 4.24. The van der Waals surface area contributed by atoms with Gasteiger partial charge in [0, 0.05) is 12.2 Å². The van der Waals surface area contributed by atoms with E-state index < -0.39 is 0 Å². The van der Waals surface area contributed by atoms with Crippen LogP contribution < -0.4 is 5.32 Å². The molecule has 0 bridgehead atoms. The Labute approximate surface area is 85.9 Å².